The number of hydrogen-bond donors (Lipinski definition) is 3. The lowest BCUT2D eigenvalue weighted by Crippen LogP contribution is -2.17. The average molecular weight is 426 g/mol. The van der Waals surface area contributed by atoms with Crippen LogP contribution >= 0.6 is 0 Å². The first-order valence-electron chi connectivity index (χ1n) is 10.2. The normalized spacial score (nSPS) is 19.2. The molecule has 5 rings (SSSR count). The van der Waals surface area contributed by atoms with Crippen molar-refractivity contribution < 1.29 is 18.7 Å². The monoisotopic (exact) mass is 426 g/mol. The summed E-state index contributed by atoms with van der Waals surface area (Å²) in [4.78, 5) is 17.0. The van der Waals surface area contributed by atoms with Crippen molar-refractivity contribution in [1.82, 2.24) is 14.6 Å². The van der Waals surface area contributed by atoms with Gasteiger partial charge in [0.15, 0.2) is 17.1 Å². The van der Waals surface area contributed by atoms with Crippen molar-refractivity contribution in [1.29, 1.82) is 0 Å². The van der Waals surface area contributed by atoms with Gasteiger partial charge < -0.3 is 25.4 Å². The number of halogens is 1. The molecule has 0 spiro atoms. The Balaban J connectivity index is 1.47. The van der Waals surface area contributed by atoms with Gasteiger partial charge in [-0.05, 0) is 18.3 Å². The molecule has 3 aromatic rings. The molecule has 1 amide bonds. The highest BCUT2D eigenvalue weighted by molar-refractivity contribution is 5.95. The van der Waals surface area contributed by atoms with Gasteiger partial charge in [-0.3, -0.25) is 4.79 Å². The van der Waals surface area contributed by atoms with Crippen molar-refractivity contribution in [2.24, 2.45) is 11.8 Å². The van der Waals surface area contributed by atoms with E-state index in [0.29, 0.717) is 71.6 Å². The van der Waals surface area contributed by atoms with Gasteiger partial charge in [0.25, 0.3) is 0 Å². The number of rotatable bonds is 6. The Morgan fingerprint density at radius 2 is 2.06 bits per heavy atom. The van der Waals surface area contributed by atoms with Crippen molar-refractivity contribution in [2.45, 2.75) is 19.8 Å². The van der Waals surface area contributed by atoms with Gasteiger partial charge in [0, 0.05) is 31.7 Å². The number of anilines is 4. The standard InChI is InChI=1S/C21H23FN6O3/c1-11-5-12(11)6-19(29)26-15-10-24-28-18(23-2)9-17(27-21(15)28)25-14-7-13(22)8-16-20(14)31-4-3-30-16/h7-12,23H,3-6H2,1-2H3,(H,25,27)(H,26,29)/t11-,12-/m1/s1. The second-order valence-corrected chi connectivity index (χ2v) is 7.90. The van der Waals surface area contributed by atoms with E-state index in [9.17, 15) is 9.18 Å². The van der Waals surface area contributed by atoms with Crippen LogP contribution in [-0.4, -0.2) is 40.8 Å². The van der Waals surface area contributed by atoms with Gasteiger partial charge in [-0.25, -0.2) is 9.37 Å². The number of amides is 1. The van der Waals surface area contributed by atoms with E-state index in [0.717, 1.165) is 6.42 Å². The first kappa shape index (κ1) is 19.4. The van der Waals surface area contributed by atoms with Crippen molar-refractivity contribution >= 4 is 34.6 Å². The van der Waals surface area contributed by atoms with Gasteiger partial charge in [0.1, 0.15) is 36.4 Å². The molecule has 1 aliphatic carbocycles. The molecule has 1 aromatic carbocycles. The molecular weight excluding hydrogens is 403 g/mol. The van der Waals surface area contributed by atoms with Crippen LogP contribution in [0.1, 0.15) is 19.8 Å². The second-order valence-electron chi connectivity index (χ2n) is 7.90. The van der Waals surface area contributed by atoms with Gasteiger partial charge in [0.05, 0.1) is 11.9 Å². The van der Waals surface area contributed by atoms with E-state index in [1.54, 1.807) is 23.8 Å². The Kier molecular flexibility index (Phi) is 4.76. The minimum atomic E-state index is -0.451. The molecule has 1 fully saturated rings. The van der Waals surface area contributed by atoms with E-state index in [-0.39, 0.29) is 5.91 Å². The molecule has 0 bridgehead atoms. The van der Waals surface area contributed by atoms with Gasteiger partial charge in [-0.15, -0.1) is 0 Å². The lowest BCUT2D eigenvalue weighted by atomic mass is 10.2. The predicted octanol–water partition coefficient (Wildman–Crippen LogP) is 3.41. The zero-order valence-corrected chi connectivity index (χ0v) is 17.2. The number of hydrogen-bond acceptors (Lipinski definition) is 7. The number of nitrogens with one attached hydrogen (secondary N) is 3. The molecule has 3 heterocycles. The fraction of sp³-hybridized carbons (Fsp3) is 0.381. The molecule has 1 saturated carbocycles. The number of fused-ring (bicyclic) bond motifs is 2. The third-order valence-corrected chi connectivity index (χ3v) is 5.60. The molecule has 0 saturated heterocycles. The molecule has 31 heavy (non-hydrogen) atoms. The molecule has 10 heteroatoms. The number of benzene rings is 1. The molecule has 162 valence electrons. The molecule has 0 radical (unpaired) electrons. The first-order chi connectivity index (χ1) is 15.0. The Labute approximate surface area is 177 Å². The van der Waals surface area contributed by atoms with Crippen LogP contribution < -0.4 is 25.4 Å². The number of carbonyl (C=O) groups is 1. The fourth-order valence-electron chi connectivity index (χ4n) is 3.77. The maximum absolute atomic E-state index is 14.1. The average Bonchev–Trinajstić information content (AvgIpc) is 3.29. The van der Waals surface area contributed by atoms with E-state index >= 15 is 0 Å². The Bertz CT molecular complexity index is 1160. The summed E-state index contributed by atoms with van der Waals surface area (Å²) >= 11 is 0. The number of ether oxygens (including phenoxy) is 2. The summed E-state index contributed by atoms with van der Waals surface area (Å²) in [5, 5.41) is 13.4. The molecule has 9 nitrogen and oxygen atoms in total. The molecule has 2 aromatic heterocycles. The predicted molar refractivity (Wildman–Crippen MR) is 114 cm³/mol. The lowest BCUT2D eigenvalue weighted by molar-refractivity contribution is -0.116. The topological polar surface area (TPSA) is 102 Å². The van der Waals surface area contributed by atoms with Crippen molar-refractivity contribution in [3.8, 4) is 11.5 Å². The lowest BCUT2D eigenvalue weighted by Gasteiger charge is -2.21. The Hall–Kier alpha value is -3.56. The molecule has 0 unspecified atom stereocenters. The number of aromatic nitrogens is 3. The molecule has 2 atom stereocenters. The zero-order chi connectivity index (χ0) is 21.5. The van der Waals surface area contributed by atoms with Gasteiger partial charge in [-0.2, -0.15) is 9.61 Å². The smallest absolute Gasteiger partial charge is 0.224 e. The summed E-state index contributed by atoms with van der Waals surface area (Å²) in [7, 11) is 1.76. The maximum Gasteiger partial charge on any atom is 0.224 e. The Morgan fingerprint density at radius 3 is 2.84 bits per heavy atom. The second kappa shape index (κ2) is 7.60. The number of nitrogens with zero attached hydrogens (tertiary/aromatic N) is 3. The molecule has 1 aliphatic heterocycles. The number of carbonyl (C=O) groups excluding carboxylic acids is 1. The minimum absolute atomic E-state index is 0.0554. The van der Waals surface area contributed by atoms with Crippen molar-refractivity contribution in [3.05, 3.63) is 30.2 Å². The fourth-order valence-corrected chi connectivity index (χ4v) is 3.77. The minimum Gasteiger partial charge on any atom is -0.486 e. The van der Waals surface area contributed by atoms with E-state index < -0.39 is 5.82 Å². The van der Waals surface area contributed by atoms with Crippen LogP contribution in [0.3, 0.4) is 0 Å². The molecule has 2 aliphatic rings. The van der Waals surface area contributed by atoms with Crippen LogP contribution in [-0.2, 0) is 4.79 Å². The first-order valence-corrected chi connectivity index (χ1v) is 10.2. The van der Waals surface area contributed by atoms with E-state index in [4.69, 9.17) is 9.47 Å². The van der Waals surface area contributed by atoms with Crippen molar-refractivity contribution in [2.75, 3.05) is 36.2 Å². The van der Waals surface area contributed by atoms with Crippen molar-refractivity contribution in [3.63, 3.8) is 0 Å². The highest BCUT2D eigenvalue weighted by atomic mass is 19.1. The van der Waals surface area contributed by atoms with Crippen LogP contribution in [0.15, 0.2) is 24.4 Å². The highest BCUT2D eigenvalue weighted by Crippen LogP contribution is 2.41. The third-order valence-electron chi connectivity index (χ3n) is 5.60. The maximum atomic E-state index is 14.1. The van der Waals surface area contributed by atoms with Gasteiger partial charge in [0.2, 0.25) is 5.91 Å². The van der Waals surface area contributed by atoms with Crippen LogP contribution in [0.25, 0.3) is 5.65 Å². The SMILES string of the molecule is CNc1cc(Nc2cc(F)cc3c2OCCO3)nc2c(NC(=O)C[C@H]3C[C@H]3C)cnn12. The van der Waals surface area contributed by atoms with Gasteiger partial charge >= 0.3 is 0 Å². The van der Waals surface area contributed by atoms with Crippen LogP contribution in [0.5, 0.6) is 11.5 Å². The summed E-state index contributed by atoms with van der Waals surface area (Å²) in [6.07, 6.45) is 3.15. The largest absolute Gasteiger partial charge is 0.486 e. The summed E-state index contributed by atoms with van der Waals surface area (Å²) in [6, 6.07) is 4.35. The third kappa shape index (κ3) is 3.80. The molecular formula is C21H23FN6O3. The Morgan fingerprint density at radius 1 is 1.26 bits per heavy atom. The van der Waals surface area contributed by atoms with E-state index in [2.05, 4.69) is 33.0 Å². The molecule has 3 N–H and O–H groups in total. The summed E-state index contributed by atoms with van der Waals surface area (Å²) in [5.41, 5.74) is 1.38. The summed E-state index contributed by atoms with van der Waals surface area (Å²) in [6.45, 7) is 2.88. The van der Waals surface area contributed by atoms with Gasteiger partial charge in [-0.1, -0.05) is 6.92 Å². The quantitative estimate of drug-likeness (QED) is 0.555. The van der Waals surface area contributed by atoms with Crippen LogP contribution in [0.4, 0.5) is 27.4 Å². The van der Waals surface area contributed by atoms with Crippen LogP contribution in [0.2, 0.25) is 0 Å². The van der Waals surface area contributed by atoms with E-state index in [1.807, 2.05) is 0 Å². The summed E-state index contributed by atoms with van der Waals surface area (Å²) < 4.78 is 26.8. The van der Waals surface area contributed by atoms with Crippen LogP contribution in [0, 0.1) is 17.7 Å². The summed E-state index contributed by atoms with van der Waals surface area (Å²) in [5.74, 6) is 2.39. The highest BCUT2D eigenvalue weighted by Gasteiger charge is 2.34. The van der Waals surface area contributed by atoms with E-state index in [1.165, 1.54) is 12.1 Å². The zero-order valence-electron chi connectivity index (χ0n) is 17.2.